The third-order valence-corrected chi connectivity index (χ3v) is 6.43. The third-order valence-electron chi connectivity index (χ3n) is 4.68. The van der Waals surface area contributed by atoms with Crippen molar-refractivity contribution in [1.82, 2.24) is 0 Å². The Hall–Kier alpha value is -2.43. The van der Waals surface area contributed by atoms with E-state index in [2.05, 4.69) is 61.0 Å². The summed E-state index contributed by atoms with van der Waals surface area (Å²) in [6.45, 7) is 6.54. The number of carbonyl (C=O) groups excluding carboxylic acids is 1. The van der Waals surface area contributed by atoms with Gasteiger partial charge in [0, 0.05) is 25.0 Å². The van der Waals surface area contributed by atoms with Gasteiger partial charge in [-0.3, -0.25) is 4.79 Å². The molecule has 2 nitrogen and oxygen atoms in total. The van der Waals surface area contributed by atoms with Gasteiger partial charge >= 0.3 is 0 Å². The lowest BCUT2D eigenvalue weighted by molar-refractivity contribution is 0.112. The first-order valence-corrected chi connectivity index (χ1v) is 11.0. The first-order chi connectivity index (χ1) is 13.9. The number of aldehydes is 1. The average Bonchev–Trinajstić information content (AvgIpc) is 3.07. The summed E-state index contributed by atoms with van der Waals surface area (Å²) in [5.41, 5.74) is 4.45. The van der Waals surface area contributed by atoms with E-state index in [0.717, 1.165) is 31.3 Å². The topological polar surface area (TPSA) is 37.3 Å². The Morgan fingerprint density at radius 1 is 0.966 bits per heavy atom. The van der Waals surface area contributed by atoms with E-state index in [0.29, 0.717) is 11.5 Å². The fourth-order valence-electron chi connectivity index (χ4n) is 2.99. The molecule has 148 valence electrons. The highest BCUT2D eigenvalue weighted by atomic mass is 79.9. The number of fused-ring (bicyclic) bond motifs is 1. The molecule has 0 aliphatic rings. The van der Waals surface area contributed by atoms with Crippen molar-refractivity contribution in [3.05, 3.63) is 87.9 Å². The Morgan fingerprint density at radius 2 is 1.62 bits per heavy atom. The number of hydrogen-bond donors (Lipinski definition) is 1. The number of halogens is 1. The van der Waals surface area contributed by atoms with Crippen molar-refractivity contribution < 1.29 is 9.90 Å². The third kappa shape index (κ3) is 5.14. The van der Waals surface area contributed by atoms with Crippen LogP contribution in [0.1, 0.15) is 41.3 Å². The summed E-state index contributed by atoms with van der Waals surface area (Å²) in [4.78, 5) is 12.3. The van der Waals surface area contributed by atoms with Gasteiger partial charge < -0.3 is 5.11 Å². The number of carbonyl (C=O) groups is 1. The summed E-state index contributed by atoms with van der Waals surface area (Å²) in [7, 11) is 0. The molecule has 0 aliphatic carbocycles. The lowest BCUT2D eigenvalue weighted by Crippen LogP contribution is -1.85. The molecule has 4 rings (SSSR count). The van der Waals surface area contributed by atoms with Crippen LogP contribution in [0.3, 0.4) is 0 Å². The highest BCUT2D eigenvalue weighted by molar-refractivity contribution is 9.10. The Bertz CT molecular complexity index is 1110. The summed E-state index contributed by atoms with van der Waals surface area (Å²) in [5.74, 6) is 0.870. The second-order valence-corrected chi connectivity index (χ2v) is 9.18. The molecule has 0 radical (unpaired) electrons. The Kier molecular flexibility index (Phi) is 6.88. The molecule has 0 fully saturated rings. The van der Waals surface area contributed by atoms with E-state index in [1.807, 2.05) is 24.3 Å². The lowest BCUT2D eigenvalue weighted by Gasteiger charge is -2.03. The molecule has 0 aliphatic heterocycles. The standard InChI is InChI=1S/C15H9BrO2S.C10H14/c16-10-3-1-9(2-4-10)15-13(8-17)12-6-5-11(18)7-14(12)19-15;1-8(2)10-6-4-9(3)5-7-10/h1-8,18H;4-8H,1-3H3. The number of aryl methyl sites for hydroxylation is 1. The van der Waals surface area contributed by atoms with Crippen molar-refractivity contribution in [2.45, 2.75) is 26.7 Å². The van der Waals surface area contributed by atoms with Gasteiger partial charge in [0.1, 0.15) is 5.75 Å². The van der Waals surface area contributed by atoms with E-state index in [9.17, 15) is 9.90 Å². The van der Waals surface area contributed by atoms with Gasteiger partial charge in [0.25, 0.3) is 0 Å². The van der Waals surface area contributed by atoms with Gasteiger partial charge in [-0.1, -0.05) is 71.7 Å². The summed E-state index contributed by atoms with van der Waals surface area (Å²) in [6, 6.07) is 21.6. The van der Waals surface area contributed by atoms with Crippen LogP contribution >= 0.6 is 27.3 Å². The fourth-order valence-corrected chi connectivity index (χ4v) is 4.46. The summed E-state index contributed by atoms with van der Waals surface area (Å²) in [5, 5.41) is 10.4. The number of thiophene rings is 1. The second kappa shape index (κ2) is 9.38. The van der Waals surface area contributed by atoms with Crippen molar-refractivity contribution >= 4 is 43.6 Å². The number of hydrogen-bond acceptors (Lipinski definition) is 3. The van der Waals surface area contributed by atoms with Gasteiger partial charge in [0.15, 0.2) is 6.29 Å². The van der Waals surface area contributed by atoms with Crippen molar-refractivity contribution in [1.29, 1.82) is 0 Å². The molecule has 0 saturated carbocycles. The predicted molar refractivity (Wildman–Crippen MR) is 127 cm³/mol. The molecule has 0 amide bonds. The van der Waals surface area contributed by atoms with Crippen molar-refractivity contribution in [2.24, 2.45) is 0 Å². The number of rotatable bonds is 3. The zero-order chi connectivity index (χ0) is 21.0. The first-order valence-electron chi connectivity index (χ1n) is 9.42. The molecular formula is C25H23BrO2S. The van der Waals surface area contributed by atoms with Crippen molar-refractivity contribution in [2.75, 3.05) is 0 Å². The van der Waals surface area contributed by atoms with Crippen LogP contribution < -0.4 is 0 Å². The number of aromatic hydroxyl groups is 1. The molecule has 0 saturated heterocycles. The monoisotopic (exact) mass is 466 g/mol. The van der Waals surface area contributed by atoms with E-state index in [-0.39, 0.29) is 5.75 Å². The molecule has 0 spiro atoms. The molecular weight excluding hydrogens is 444 g/mol. The quantitative estimate of drug-likeness (QED) is 0.310. The number of phenols is 1. The molecule has 4 heteroatoms. The highest BCUT2D eigenvalue weighted by Gasteiger charge is 2.13. The SMILES string of the molecule is Cc1ccc(C(C)C)cc1.O=Cc1c(-c2ccc(Br)cc2)sc2cc(O)ccc12. The maximum atomic E-state index is 11.4. The summed E-state index contributed by atoms with van der Waals surface area (Å²) < 4.78 is 1.92. The van der Waals surface area contributed by atoms with Crippen LogP contribution in [0, 0.1) is 6.92 Å². The first kappa shape index (κ1) is 21.3. The van der Waals surface area contributed by atoms with Crippen LogP contribution in [-0.4, -0.2) is 11.4 Å². The van der Waals surface area contributed by atoms with Gasteiger partial charge in [0.05, 0.1) is 0 Å². The van der Waals surface area contributed by atoms with E-state index < -0.39 is 0 Å². The van der Waals surface area contributed by atoms with E-state index in [4.69, 9.17) is 0 Å². The molecule has 0 bridgehead atoms. The van der Waals surface area contributed by atoms with Crippen LogP contribution in [0.2, 0.25) is 0 Å². The summed E-state index contributed by atoms with van der Waals surface area (Å²) >= 11 is 4.91. The Morgan fingerprint density at radius 3 is 2.21 bits per heavy atom. The molecule has 1 aromatic heterocycles. The van der Waals surface area contributed by atoms with Gasteiger partial charge in [-0.05, 0) is 54.3 Å². The molecule has 29 heavy (non-hydrogen) atoms. The molecule has 0 atom stereocenters. The normalized spacial score (nSPS) is 10.7. The van der Waals surface area contributed by atoms with Gasteiger partial charge in [-0.15, -0.1) is 11.3 Å². The van der Waals surface area contributed by atoms with Gasteiger partial charge in [-0.2, -0.15) is 0 Å². The second-order valence-electron chi connectivity index (χ2n) is 7.22. The zero-order valence-corrected chi connectivity index (χ0v) is 19.0. The predicted octanol–water partition coefficient (Wildman–Crippen LogP) is 7.97. The minimum absolute atomic E-state index is 0.216. The van der Waals surface area contributed by atoms with Crippen LogP contribution in [0.5, 0.6) is 5.75 Å². The highest BCUT2D eigenvalue weighted by Crippen LogP contribution is 2.39. The lowest BCUT2D eigenvalue weighted by atomic mass is 10.0. The molecule has 3 aromatic carbocycles. The fraction of sp³-hybridized carbons (Fsp3) is 0.160. The molecule has 1 heterocycles. The number of benzene rings is 3. The van der Waals surface area contributed by atoms with Crippen LogP contribution in [0.4, 0.5) is 0 Å². The van der Waals surface area contributed by atoms with Crippen LogP contribution in [0.25, 0.3) is 20.5 Å². The van der Waals surface area contributed by atoms with Gasteiger partial charge in [-0.25, -0.2) is 0 Å². The summed E-state index contributed by atoms with van der Waals surface area (Å²) in [6.07, 6.45) is 0.882. The average molecular weight is 467 g/mol. The number of phenolic OH excluding ortho intramolecular Hbond substituents is 1. The molecule has 0 unspecified atom stereocenters. The molecule has 1 N–H and O–H groups in total. The Balaban J connectivity index is 0.000000204. The van der Waals surface area contributed by atoms with E-state index in [1.54, 1.807) is 18.2 Å². The Labute approximate surface area is 184 Å². The van der Waals surface area contributed by atoms with E-state index >= 15 is 0 Å². The smallest absolute Gasteiger partial charge is 0.152 e. The minimum atomic E-state index is 0.216. The van der Waals surface area contributed by atoms with Crippen LogP contribution in [-0.2, 0) is 0 Å². The largest absolute Gasteiger partial charge is 0.508 e. The maximum absolute atomic E-state index is 11.4. The minimum Gasteiger partial charge on any atom is -0.508 e. The molecule has 4 aromatic rings. The zero-order valence-electron chi connectivity index (χ0n) is 16.6. The van der Waals surface area contributed by atoms with Crippen molar-refractivity contribution in [3.63, 3.8) is 0 Å². The van der Waals surface area contributed by atoms with Crippen LogP contribution in [0.15, 0.2) is 71.2 Å². The van der Waals surface area contributed by atoms with E-state index in [1.165, 1.54) is 22.5 Å². The van der Waals surface area contributed by atoms with Crippen molar-refractivity contribution in [3.8, 4) is 16.2 Å². The van der Waals surface area contributed by atoms with Gasteiger partial charge in [0.2, 0.25) is 0 Å². The maximum Gasteiger partial charge on any atom is 0.152 e.